The highest BCUT2D eigenvalue weighted by Crippen LogP contribution is 2.32. The van der Waals surface area contributed by atoms with Gasteiger partial charge in [-0.15, -0.1) is 24.2 Å². The Balaban J connectivity index is 0.00000208. The normalized spacial score (nSPS) is 19.8. The molecule has 1 amide bonds. The van der Waals surface area contributed by atoms with Crippen LogP contribution < -0.4 is 5.73 Å². The summed E-state index contributed by atoms with van der Waals surface area (Å²) in [6.45, 7) is 2.09. The molecule has 1 fully saturated rings. The molecule has 2 aromatic carbocycles. The molecule has 1 heterocycles. The van der Waals surface area contributed by atoms with Crippen molar-refractivity contribution >= 4 is 30.1 Å². The van der Waals surface area contributed by atoms with Gasteiger partial charge in [-0.05, 0) is 48.5 Å². The van der Waals surface area contributed by atoms with Crippen LogP contribution in [0.4, 0.5) is 0 Å². The third kappa shape index (κ3) is 3.94. The van der Waals surface area contributed by atoms with Gasteiger partial charge in [-0.3, -0.25) is 4.79 Å². The van der Waals surface area contributed by atoms with Gasteiger partial charge in [-0.2, -0.15) is 0 Å². The molecule has 0 aromatic heterocycles. The van der Waals surface area contributed by atoms with Crippen LogP contribution in [0.1, 0.15) is 21.8 Å². The van der Waals surface area contributed by atoms with Gasteiger partial charge in [0.15, 0.2) is 0 Å². The number of hydrogen-bond donors (Lipinski definition) is 1. The van der Waals surface area contributed by atoms with Crippen LogP contribution >= 0.6 is 24.2 Å². The van der Waals surface area contributed by atoms with Gasteiger partial charge in [0.05, 0.1) is 0 Å². The Morgan fingerprint density at radius 1 is 1.12 bits per heavy atom. The van der Waals surface area contributed by atoms with Crippen LogP contribution in [0.5, 0.6) is 0 Å². The average Bonchev–Trinajstić information content (AvgIpc) is 3.06. The van der Waals surface area contributed by atoms with Crippen molar-refractivity contribution in [3.63, 3.8) is 0 Å². The predicted octanol–water partition coefficient (Wildman–Crippen LogP) is 3.64. The van der Waals surface area contributed by atoms with Crippen LogP contribution in [0.15, 0.2) is 59.5 Å². The highest BCUT2D eigenvalue weighted by Gasteiger charge is 2.35. The fourth-order valence-corrected chi connectivity index (χ4v) is 3.68. The van der Waals surface area contributed by atoms with Crippen molar-refractivity contribution in [2.75, 3.05) is 25.9 Å². The maximum atomic E-state index is 12.8. The minimum Gasteiger partial charge on any atom is -0.338 e. The number of halogens is 1. The molecule has 3 rings (SSSR count). The minimum atomic E-state index is 0. The van der Waals surface area contributed by atoms with E-state index >= 15 is 0 Å². The monoisotopic (exact) mass is 362 g/mol. The summed E-state index contributed by atoms with van der Waals surface area (Å²) in [6.07, 6.45) is 2.04. The van der Waals surface area contributed by atoms with Gasteiger partial charge in [0.1, 0.15) is 0 Å². The van der Waals surface area contributed by atoms with Crippen LogP contribution in [0, 0.1) is 5.92 Å². The lowest BCUT2D eigenvalue weighted by atomic mass is 9.89. The zero-order chi connectivity index (χ0) is 16.2. The van der Waals surface area contributed by atoms with Crippen molar-refractivity contribution < 1.29 is 4.79 Å². The molecule has 0 spiro atoms. The highest BCUT2D eigenvalue weighted by atomic mass is 35.5. The van der Waals surface area contributed by atoms with Gasteiger partial charge in [0, 0.05) is 29.5 Å². The third-order valence-electron chi connectivity index (χ3n) is 4.60. The molecule has 2 aromatic rings. The second-order valence-electron chi connectivity index (χ2n) is 5.95. The number of carbonyl (C=O) groups excluding carboxylic acids is 1. The Hall–Kier alpha value is -1.49. The molecule has 1 saturated heterocycles. The van der Waals surface area contributed by atoms with Crippen LogP contribution in [0.3, 0.4) is 0 Å². The van der Waals surface area contributed by atoms with Gasteiger partial charge in [0.25, 0.3) is 5.91 Å². The fraction of sp³-hybridized carbons (Fsp3) is 0.316. The number of nitrogens with two attached hydrogens (primary N) is 1. The largest absolute Gasteiger partial charge is 0.338 e. The molecule has 0 aliphatic carbocycles. The number of carbonyl (C=O) groups is 1. The molecule has 3 nitrogen and oxygen atoms in total. The second-order valence-corrected chi connectivity index (χ2v) is 6.83. The number of rotatable bonds is 4. The Bertz CT molecular complexity index is 663. The van der Waals surface area contributed by atoms with Crippen LogP contribution in [0.25, 0.3) is 0 Å². The molecule has 128 valence electrons. The molecule has 0 saturated carbocycles. The summed E-state index contributed by atoms with van der Waals surface area (Å²) in [5.41, 5.74) is 7.99. The molecule has 5 heteroatoms. The average molecular weight is 363 g/mol. The Kier molecular flexibility index (Phi) is 6.72. The molecule has 0 unspecified atom stereocenters. The number of likely N-dealkylation sites (tertiary alicyclic amines) is 1. The summed E-state index contributed by atoms with van der Waals surface area (Å²) < 4.78 is 0. The molecule has 0 bridgehead atoms. The summed E-state index contributed by atoms with van der Waals surface area (Å²) in [5, 5.41) is 0. The van der Waals surface area contributed by atoms with Crippen LogP contribution in [-0.4, -0.2) is 36.7 Å². The first-order valence-corrected chi connectivity index (χ1v) is 9.13. The first-order valence-electron chi connectivity index (χ1n) is 7.91. The summed E-state index contributed by atoms with van der Waals surface area (Å²) in [5.74, 6) is 0.761. The standard InChI is InChI=1S/C19H22N2OS.ClH/c1-23-17-9-7-15(8-10-17)19(22)21-12-16(11-20)18(13-21)14-5-3-2-4-6-14;/h2-10,16,18H,11-13,20H2,1H3;1H/t16-,18+;/m1./s1. The van der Waals surface area contributed by atoms with Gasteiger partial charge in [-0.1, -0.05) is 30.3 Å². The summed E-state index contributed by atoms with van der Waals surface area (Å²) in [4.78, 5) is 15.9. The van der Waals surface area contributed by atoms with E-state index in [1.165, 1.54) is 10.5 Å². The molecule has 24 heavy (non-hydrogen) atoms. The molecule has 2 N–H and O–H groups in total. The van der Waals surface area contributed by atoms with Crippen molar-refractivity contribution in [2.24, 2.45) is 11.7 Å². The SMILES string of the molecule is CSc1ccc(C(=O)N2C[C@@H](CN)[C@H](c3ccccc3)C2)cc1.Cl. The first kappa shape index (κ1) is 18.8. The summed E-state index contributed by atoms with van der Waals surface area (Å²) >= 11 is 1.68. The number of benzene rings is 2. The molecule has 0 radical (unpaired) electrons. The second kappa shape index (κ2) is 8.56. The van der Waals surface area contributed by atoms with E-state index < -0.39 is 0 Å². The van der Waals surface area contributed by atoms with Gasteiger partial charge in [0.2, 0.25) is 0 Å². The minimum absolute atomic E-state index is 0. The van der Waals surface area contributed by atoms with E-state index in [1.54, 1.807) is 11.8 Å². The van der Waals surface area contributed by atoms with E-state index in [9.17, 15) is 4.79 Å². The van der Waals surface area contributed by atoms with Crippen molar-refractivity contribution in [2.45, 2.75) is 10.8 Å². The third-order valence-corrected chi connectivity index (χ3v) is 5.34. The predicted molar refractivity (Wildman–Crippen MR) is 103 cm³/mol. The number of amides is 1. The number of nitrogens with zero attached hydrogens (tertiary/aromatic N) is 1. The van der Waals surface area contributed by atoms with Gasteiger partial charge >= 0.3 is 0 Å². The maximum Gasteiger partial charge on any atom is 0.253 e. The zero-order valence-electron chi connectivity index (χ0n) is 13.7. The number of thioether (sulfide) groups is 1. The van der Waals surface area contributed by atoms with Crippen LogP contribution in [-0.2, 0) is 0 Å². The summed E-state index contributed by atoms with van der Waals surface area (Å²) in [7, 11) is 0. The maximum absolute atomic E-state index is 12.8. The molecular formula is C19H23ClN2OS. The molecule has 1 aliphatic rings. The summed E-state index contributed by atoms with van der Waals surface area (Å²) in [6, 6.07) is 18.2. The van der Waals surface area contributed by atoms with Crippen molar-refractivity contribution in [3.05, 3.63) is 65.7 Å². The Morgan fingerprint density at radius 2 is 1.79 bits per heavy atom. The topological polar surface area (TPSA) is 46.3 Å². The van der Waals surface area contributed by atoms with E-state index in [2.05, 4.69) is 24.3 Å². The van der Waals surface area contributed by atoms with E-state index in [0.29, 0.717) is 18.4 Å². The van der Waals surface area contributed by atoms with E-state index in [-0.39, 0.29) is 18.3 Å². The lowest BCUT2D eigenvalue weighted by molar-refractivity contribution is 0.0786. The molecular weight excluding hydrogens is 340 g/mol. The Labute approximate surface area is 154 Å². The molecule has 2 atom stereocenters. The van der Waals surface area contributed by atoms with Crippen molar-refractivity contribution in [3.8, 4) is 0 Å². The quantitative estimate of drug-likeness (QED) is 0.844. The van der Waals surface area contributed by atoms with E-state index in [1.807, 2.05) is 41.5 Å². The van der Waals surface area contributed by atoms with Crippen LogP contribution in [0.2, 0.25) is 0 Å². The fourth-order valence-electron chi connectivity index (χ4n) is 3.27. The van der Waals surface area contributed by atoms with Gasteiger partial charge in [-0.25, -0.2) is 0 Å². The van der Waals surface area contributed by atoms with Crippen molar-refractivity contribution in [1.29, 1.82) is 0 Å². The smallest absolute Gasteiger partial charge is 0.253 e. The highest BCUT2D eigenvalue weighted by molar-refractivity contribution is 7.98. The van der Waals surface area contributed by atoms with Crippen molar-refractivity contribution in [1.82, 2.24) is 4.90 Å². The lowest BCUT2D eigenvalue weighted by Crippen LogP contribution is -2.29. The Morgan fingerprint density at radius 3 is 2.38 bits per heavy atom. The number of hydrogen-bond acceptors (Lipinski definition) is 3. The van der Waals surface area contributed by atoms with E-state index in [4.69, 9.17) is 5.73 Å². The molecule has 1 aliphatic heterocycles. The van der Waals surface area contributed by atoms with E-state index in [0.717, 1.165) is 18.7 Å². The van der Waals surface area contributed by atoms with Gasteiger partial charge < -0.3 is 10.6 Å². The zero-order valence-corrected chi connectivity index (χ0v) is 15.4. The lowest BCUT2D eigenvalue weighted by Gasteiger charge is -2.17. The first-order chi connectivity index (χ1) is 11.2.